The Labute approximate surface area is 144 Å². The van der Waals surface area contributed by atoms with E-state index in [0.29, 0.717) is 0 Å². The molecule has 1 aromatic rings. The van der Waals surface area contributed by atoms with Gasteiger partial charge in [0.2, 0.25) is 10.0 Å². The minimum Gasteiger partial charge on any atom is -0.300 e. The SMILES string of the molecule is CCS(=O)(=O)c1ccc(S(=O)(=O)NC2CCN(C3CC3)CC2)cc1. The van der Waals surface area contributed by atoms with Crippen molar-refractivity contribution in [3.63, 3.8) is 0 Å². The highest BCUT2D eigenvalue weighted by atomic mass is 32.2. The third kappa shape index (κ3) is 3.99. The van der Waals surface area contributed by atoms with Gasteiger partial charge in [0.15, 0.2) is 9.84 Å². The number of rotatable bonds is 6. The maximum Gasteiger partial charge on any atom is 0.240 e. The third-order valence-electron chi connectivity index (χ3n) is 4.79. The van der Waals surface area contributed by atoms with Crippen molar-refractivity contribution >= 4 is 19.9 Å². The fourth-order valence-electron chi connectivity index (χ4n) is 3.10. The summed E-state index contributed by atoms with van der Waals surface area (Å²) >= 11 is 0. The second kappa shape index (κ2) is 6.74. The summed E-state index contributed by atoms with van der Waals surface area (Å²) < 4.78 is 51.3. The number of benzene rings is 1. The number of likely N-dealkylation sites (tertiary alicyclic amines) is 1. The predicted octanol–water partition coefficient (Wildman–Crippen LogP) is 1.39. The molecule has 1 heterocycles. The largest absolute Gasteiger partial charge is 0.300 e. The molecule has 8 heteroatoms. The van der Waals surface area contributed by atoms with E-state index in [1.54, 1.807) is 6.92 Å². The molecule has 134 valence electrons. The van der Waals surface area contributed by atoms with Crippen LogP contribution in [0.2, 0.25) is 0 Å². The molecule has 0 aromatic heterocycles. The molecule has 6 nitrogen and oxygen atoms in total. The van der Waals surface area contributed by atoms with Gasteiger partial charge in [-0.3, -0.25) is 0 Å². The fourth-order valence-corrected chi connectivity index (χ4v) is 5.29. The van der Waals surface area contributed by atoms with E-state index in [9.17, 15) is 16.8 Å². The lowest BCUT2D eigenvalue weighted by Crippen LogP contribution is -2.45. The van der Waals surface area contributed by atoms with E-state index in [0.717, 1.165) is 32.0 Å². The highest BCUT2D eigenvalue weighted by molar-refractivity contribution is 7.91. The first kappa shape index (κ1) is 17.8. The van der Waals surface area contributed by atoms with Gasteiger partial charge in [-0.2, -0.15) is 0 Å². The average molecular weight is 373 g/mol. The molecule has 0 bridgehead atoms. The van der Waals surface area contributed by atoms with Crippen molar-refractivity contribution < 1.29 is 16.8 Å². The van der Waals surface area contributed by atoms with Gasteiger partial charge >= 0.3 is 0 Å². The average Bonchev–Trinajstić information content (AvgIpc) is 3.40. The number of nitrogens with one attached hydrogen (secondary N) is 1. The second-order valence-electron chi connectivity index (χ2n) is 6.54. The molecule has 0 atom stereocenters. The van der Waals surface area contributed by atoms with Gasteiger partial charge in [-0.15, -0.1) is 0 Å². The van der Waals surface area contributed by atoms with Crippen molar-refractivity contribution in [3.05, 3.63) is 24.3 Å². The van der Waals surface area contributed by atoms with Gasteiger partial charge in [0.25, 0.3) is 0 Å². The lowest BCUT2D eigenvalue weighted by atomic mass is 10.1. The van der Waals surface area contributed by atoms with Gasteiger partial charge in [0.1, 0.15) is 0 Å². The standard InChI is InChI=1S/C16H24N2O4S2/c1-2-23(19,20)15-5-7-16(8-6-15)24(21,22)17-13-9-11-18(12-10-13)14-3-4-14/h5-8,13-14,17H,2-4,9-12H2,1H3. The Morgan fingerprint density at radius 1 is 0.958 bits per heavy atom. The number of hydrogen-bond acceptors (Lipinski definition) is 5. The molecule has 0 spiro atoms. The van der Waals surface area contributed by atoms with Gasteiger partial charge < -0.3 is 4.90 Å². The van der Waals surface area contributed by atoms with Crippen molar-refractivity contribution in [1.29, 1.82) is 0 Å². The zero-order valence-corrected chi connectivity index (χ0v) is 15.4. The molecule has 1 saturated carbocycles. The summed E-state index contributed by atoms with van der Waals surface area (Å²) in [6.07, 6.45) is 4.17. The lowest BCUT2D eigenvalue weighted by molar-refractivity contribution is 0.199. The van der Waals surface area contributed by atoms with Crippen LogP contribution in [-0.2, 0) is 19.9 Å². The summed E-state index contributed by atoms with van der Waals surface area (Å²) in [5, 5.41) is 0. The van der Waals surface area contributed by atoms with Crippen LogP contribution < -0.4 is 4.72 Å². The minimum atomic E-state index is -3.61. The number of hydrogen-bond donors (Lipinski definition) is 1. The zero-order valence-electron chi connectivity index (χ0n) is 13.8. The molecule has 2 aliphatic rings. The van der Waals surface area contributed by atoms with E-state index in [1.165, 1.54) is 37.1 Å². The Morgan fingerprint density at radius 2 is 1.50 bits per heavy atom. The Bertz CT molecular complexity index is 776. The van der Waals surface area contributed by atoms with Crippen LogP contribution in [0.25, 0.3) is 0 Å². The normalized spacial score (nSPS) is 21.0. The molecule has 0 radical (unpaired) electrons. The van der Waals surface area contributed by atoms with Crippen molar-refractivity contribution in [2.24, 2.45) is 0 Å². The van der Waals surface area contributed by atoms with Crippen LogP contribution in [0.4, 0.5) is 0 Å². The first-order chi connectivity index (χ1) is 11.3. The molecule has 3 rings (SSSR count). The molecule has 0 amide bonds. The highest BCUT2D eigenvalue weighted by Crippen LogP contribution is 2.29. The number of piperidine rings is 1. The van der Waals surface area contributed by atoms with Crippen LogP contribution in [0, 0.1) is 0 Å². The van der Waals surface area contributed by atoms with Crippen molar-refractivity contribution in [2.45, 2.75) is 54.5 Å². The van der Waals surface area contributed by atoms with E-state index < -0.39 is 19.9 Å². The monoisotopic (exact) mass is 372 g/mol. The molecular weight excluding hydrogens is 348 g/mol. The van der Waals surface area contributed by atoms with Crippen LogP contribution in [0.15, 0.2) is 34.1 Å². The number of sulfone groups is 1. The fraction of sp³-hybridized carbons (Fsp3) is 0.625. The van der Waals surface area contributed by atoms with E-state index in [-0.39, 0.29) is 21.6 Å². The quantitative estimate of drug-likeness (QED) is 0.816. The summed E-state index contributed by atoms with van der Waals surface area (Å²) in [7, 11) is -6.93. The lowest BCUT2D eigenvalue weighted by Gasteiger charge is -2.32. The molecule has 0 unspecified atom stereocenters. The van der Waals surface area contributed by atoms with Gasteiger partial charge in [0, 0.05) is 12.1 Å². The first-order valence-corrected chi connectivity index (χ1v) is 11.5. The van der Waals surface area contributed by atoms with Crippen LogP contribution in [-0.4, -0.2) is 52.7 Å². The molecular formula is C16H24N2O4S2. The second-order valence-corrected chi connectivity index (χ2v) is 10.5. The molecule has 1 saturated heterocycles. The van der Waals surface area contributed by atoms with Crippen molar-refractivity contribution in [2.75, 3.05) is 18.8 Å². The molecule has 1 aliphatic heterocycles. The zero-order chi connectivity index (χ0) is 17.4. The van der Waals surface area contributed by atoms with Crippen LogP contribution in [0.1, 0.15) is 32.6 Å². The number of nitrogens with zero attached hydrogens (tertiary/aromatic N) is 1. The Hall–Kier alpha value is -0.960. The molecule has 2 fully saturated rings. The molecule has 1 aromatic carbocycles. The van der Waals surface area contributed by atoms with Gasteiger partial charge in [-0.1, -0.05) is 6.92 Å². The van der Waals surface area contributed by atoms with E-state index in [4.69, 9.17) is 0 Å². The van der Waals surface area contributed by atoms with Crippen LogP contribution in [0.5, 0.6) is 0 Å². The van der Waals surface area contributed by atoms with Gasteiger partial charge in [-0.25, -0.2) is 21.6 Å². The van der Waals surface area contributed by atoms with E-state index >= 15 is 0 Å². The first-order valence-electron chi connectivity index (χ1n) is 8.41. The van der Waals surface area contributed by atoms with E-state index in [1.807, 2.05) is 0 Å². The molecule has 24 heavy (non-hydrogen) atoms. The smallest absolute Gasteiger partial charge is 0.240 e. The van der Waals surface area contributed by atoms with Crippen LogP contribution in [0.3, 0.4) is 0 Å². The van der Waals surface area contributed by atoms with Crippen molar-refractivity contribution in [3.8, 4) is 0 Å². The van der Waals surface area contributed by atoms with E-state index in [2.05, 4.69) is 9.62 Å². The summed E-state index contributed by atoms with van der Waals surface area (Å²) in [5.74, 6) is -0.00306. The summed E-state index contributed by atoms with van der Waals surface area (Å²) in [5.41, 5.74) is 0. The Kier molecular flexibility index (Phi) is 5.01. The Balaban J connectivity index is 1.65. The third-order valence-corrected chi connectivity index (χ3v) is 8.07. The van der Waals surface area contributed by atoms with Crippen molar-refractivity contribution in [1.82, 2.24) is 9.62 Å². The maximum atomic E-state index is 12.5. The number of sulfonamides is 1. The maximum absolute atomic E-state index is 12.5. The van der Waals surface area contributed by atoms with Gasteiger partial charge in [0.05, 0.1) is 15.5 Å². The summed E-state index contributed by atoms with van der Waals surface area (Å²) in [6.45, 7) is 3.44. The molecule has 1 aliphatic carbocycles. The molecule has 1 N–H and O–H groups in total. The predicted molar refractivity (Wildman–Crippen MR) is 92.1 cm³/mol. The summed E-state index contributed by atoms with van der Waals surface area (Å²) in [6, 6.07) is 6.13. The topological polar surface area (TPSA) is 83.5 Å². The minimum absolute atomic E-state index is 0.00306. The van der Waals surface area contributed by atoms with Crippen LogP contribution >= 0.6 is 0 Å². The summed E-state index contributed by atoms with van der Waals surface area (Å²) in [4.78, 5) is 2.71. The van der Waals surface area contributed by atoms with Gasteiger partial charge in [-0.05, 0) is 63.0 Å². The Morgan fingerprint density at radius 3 is 2.00 bits per heavy atom. The highest BCUT2D eigenvalue weighted by Gasteiger charge is 2.33.